The van der Waals surface area contributed by atoms with Crippen LogP contribution < -0.4 is 0 Å². The van der Waals surface area contributed by atoms with E-state index in [0.29, 0.717) is 40.4 Å². The maximum Gasteiger partial charge on any atom is 0.0605 e. The maximum atomic E-state index is 11.8. The zero-order valence-electron chi connectivity index (χ0n) is 19.9. The van der Waals surface area contributed by atoms with Crippen LogP contribution in [0.1, 0.15) is 105 Å². The van der Waals surface area contributed by atoms with Gasteiger partial charge in [-0.1, -0.05) is 53.9 Å². The lowest BCUT2D eigenvalue weighted by Gasteiger charge is -2.65. The fourth-order valence-electron chi connectivity index (χ4n) is 9.77. The smallest absolute Gasteiger partial charge is 0.0605 e. The quantitative estimate of drug-likeness (QED) is 0.553. The summed E-state index contributed by atoms with van der Waals surface area (Å²) in [5.74, 6) is 4.47. The first kappa shape index (κ1) is 22.1. The second-order valence-electron chi connectivity index (χ2n) is 12.3. The Balaban J connectivity index is 1.67. The minimum Gasteiger partial charge on any atom is -0.393 e. The summed E-state index contributed by atoms with van der Waals surface area (Å²) in [5, 5.41) is 22.3. The molecule has 2 heteroatoms. The fourth-order valence-corrected chi connectivity index (χ4v) is 9.77. The van der Waals surface area contributed by atoms with Gasteiger partial charge in [0.25, 0.3) is 0 Å². The monoisotopic (exact) mass is 404 g/mol. The molecule has 29 heavy (non-hydrogen) atoms. The zero-order chi connectivity index (χ0) is 21.0. The molecular formula is C27H48O2. The van der Waals surface area contributed by atoms with Gasteiger partial charge in [-0.05, 0) is 104 Å². The van der Waals surface area contributed by atoms with Crippen LogP contribution in [0.2, 0.25) is 0 Å². The highest BCUT2D eigenvalue weighted by Gasteiger charge is 2.64. The summed E-state index contributed by atoms with van der Waals surface area (Å²) in [6.45, 7) is 12.3. The van der Waals surface area contributed by atoms with Crippen molar-refractivity contribution < 1.29 is 10.2 Å². The third-order valence-electron chi connectivity index (χ3n) is 11.0. The number of aliphatic hydroxyl groups is 2. The second-order valence-corrected chi connectivity index (χ2v) is 12.3. The Morgan fingerprint density at radius 3 is 2.24 bits per heavy atom. The Labute approximate surface area is 180 Å². The number of hydrogen-bond acceptors (Lipinski definition) is 2. The first-order valence-corrected chi connectivity index (χ1v) is 13.1. The molecule has 4 aliphatic rings. The maximum absolute atomic E-state index is 11.8. The van der Waals surface area contributed by atoms with E-state index in [1.54, 1.807) is 0 Å². The molecule has 11 atom stereocenters. The Morgan fingerprint density at radius 2 is 1.55 bits per heavy atom. The molecule has 2 N–H and O–H groups in total. The van der Waals surface area contributed by atoms with Crippen molar-refractivity contribution in [3.8, 4) is 0 Å². The van der Waals surface area contributed by atoms with Crippen molar-refractivity contribution in [2.24, 2.45) is 52.3 Å². The number of rotatable bonds is 5. The topological polar surface area (TPSA) is 40.5 Å². The SMILES string of the molecule is CCC[C@H]1[C@@H](O)[C@@H]2[C@H](CC[C@]3(C)[C@@H]([C@H](C)CCC)CC[C@@H]23)[C@@]2(C)CC[C@@H](O)C[C@@H]12. The normalized spacial score (nSPS) is 53.1. The van der Waals surface area contributed by atoms with Crippen molar-refractivity contribution in [1.82, 2.24) is 0 Å². The number of fused-ring (bicyclic) bond motifs is 5. The summed E-state index contributed by atoms with van der Waals surface area (Å²) in [6.07, 6.45) is 13.1. The van der Waals surface area contributed by atoms with Crippen LogP contribution in [-0.2, 0) is 0 Å². The van der Waals surface area contributed by atoms with Gasteiger partial charge in [0.1, 0.15) is 0 Å². The van der Waals surface area contributed by atoms with Crippen LogP contribution in [0.15, 0.2) is 0 Å². The third kappa shape index (κ3) is 3.34. The minimum absolute atomic E-state index is 0.143. The molecule has 4 fully saturated rings. The molecule has 168 valence electrons. The number of aliphatic hydroxyl groups excluding tert-OH is 2. The van der Waals surface area contributed by atoms with Crippen LogP contribution in [0.25, 0.3) is 0 Å². The van der Waals surface area contributed by atoms with Crippen LogP contribution in [0.5, 0.6) is 0 Å². The predicted molar refractivity (Wildman–Crippen MR) is 120 cm³/mol. The molecule has 4 aliphatic carbocycles. The molecular weight excluding hydrogens is 356 g/mol. The van der Waals surface area contributed by atoms with E-state index >= 15 is 0 Å². The average Bonchev–Trinajstić information content (AvgIpc) is 3.03. The Kier molecular flexibility index (Phi) is 6.19. The summed E-state index contributed by atoms with van der Waals surface area (Å²) in [5.41, 5.74) is 0.766. The largest absolute Gasteiger partial charge is 0.393 e. The van der Waals surface area contributed by atoms with Crippen molar-refractivity contribution in [3.63, 3.8) is 0 Å². The summed E-state index contributed by atoms with van der Waals surface area (Å²) in [7, 11) is 0. The minimum atomic E-state index is -0.145. The highest BCUT2D eigenvalue weighted by molar-refractivity contribution is 5.13. The Bertz CT molecular complexity index is 575. The van der Waals surface area contributed by atoms with Gasteiger partial charge < -0.3 is 10.2 Å². The predicted octanol–water partition coefficient (Wildman–Crippen LogP) is 6.44. The lowest BCUT2D eigenvalue weighted by atomic mass is 9.41. The highest BCUT2D eigenvalue weighted by atomic mass is 16.3. The Hall–Kier alpha value is -0.0800. The van der Waals surface area contributed by atoms with E-state index < -0.39 is 0 Å². The van der Waals surface area contributed by atoms with E-state index in [-0.39, 0.29) is 12.2 Å². The molecule has 4 rings (SSSR count). The van der Waals surface area contributed by atoms with E-state index in [0.717, 1.165) is 37.5 Å². The Morgan fingerprint density at radius 1 is 0.862 bits per heavy atom. The lowest BCUT2D eigenvalue weighted by molar-refractivity contribution is -0.204. The van der Waals surface area contributed by atoms with Crippen LogP contribution in [0, 0.1) is 52.3 Å². The van der Waals surface area contributed by atoms with Crippen molar-refractivity contribution in [2.45, 2.75) is 117 Å². The first-order chi connectivity index (χ1) is 13.8. The average molecular weight is 405 g/mol. The van der Waals surface area contributed by atoms with Gasteiger partial charge in [0.15, 0.2) is 0 Å². The van der Waals surface area contributed by atoms with Crippen molar-refractivity contribution in [3.05, 3.63) is 0 Å². The van der Waals surface area contributed by atoms with E-state index in [9.17, 15) is 10.2 Å². The molecule has 0 heterocycles. The molecule has 0 aliphatic heterocycles. The van der Waals surface area contributed by atoms with E-state index in [1.807, 2.05) is 0 Å². The van der Waals surface area contributed by atoms with Crippen molar-refractivity contribution in [2.75, 3.05) is 0 Å². The molecule has 0 unspecified atom stereocenters. The van der Waals surface area contributed by atoms with Gasteiger partial charge >= 0.3 is 0 Å². The summed E-state index contributed by atoms with van der Waals surface area (Å²) in [6, 6.07) is 0. The van der Waals surface area contributed by atoms with Gasteiger partial charge in [0.2, 0.25) is 0 Å². The molecule has 0 amide bonds. The van der Waals surface area contributed by atoms with Crippen LogP contribution >= 0.6 is 0 Å². The van der Waals surface area contributed by atoms with E-state index in [1.165, 1.54) is 44.9 Å². The van der Waals surface area contributed by atoms with Crippen LogP contribution in [0.3, 0.4) is 0 Å². The van der Waals surface area contributed by atoms with Gasteiger partial charge in [-0.25, -0.2) is 0 Å². The van der Waals surface area contributed by atoms with Crippen LogP contribution in [0.4, 0.5) is 0 Å². The molecule has 0 spiro atoms. The van der Waals surface area contributed by atoms with Gasteiger partial charge in [0, 0.05) is 0 Å². The molecule has 0 radical (unpaired) electrons. The van der Waals surface area contributed by atoms with E-state index in [2.05, 4.69) is 34.6 Å². The van der Waals surface area contributed by atoms with Crippen molar-refractivity contribution >= 4 is 0 Å². The third-order valence-corrected chi connectivity index (χ3v) is 11.0. The number of hydrogen-bond donors (Lipinski definition) is 2. The summed E-state index contributed by atoms with van der Waals surface area (Å²) in [4.78, 5) is 0. The molecule has 4 saturated carbocycles. The van der Waals surface area contributed by atoms with Gasteiger partial charge in [-0.3, -0.25) is 0 Å². The fraction of sp³-hybridized carbons (Fsp3) is 1.00. The van der Waals surface area contributed by atoms with Gasteiger partial charge in [-0.15, -0.1) is 0 Å². The second kappa shape index (κ2) is 8.12. The highest BCUT2D eigenvalue weighted by Crippen LogP contribution is 2.69. The standard InChI is InChI=1S/C27H48O2/c1-6-8-17(3)20-10-11-21-24-22(13-15-26(20,21)4)27(5)14-12-18(28)16-23(27)19(9-7-2)25(24)29/h17-25,28-29H,6-16H2,1-5H3/t17-,18-,19-,20-,21+,22+,23+,24+,25-,26-,27-/m1/s1. The lowest BCUT2D eigenvalue weighted by Crippen LogP contribution is -2.62. The van der Waals surface area contributed by atoms with Gasteiger partial charge in [-0.2, -0.15) is 0 Å². The van der Waals surface area contributed by atoms with Crippen LogP contribution in [-0.4, -0.2) is 22.4 Å². The van der Waals surface area contributed by atoms with E-state index in [4.69, 9.17) is 0 Å². The molecule has 0 aromatic carbocycles. The summed E-state index contributed by atoms with van der Waals surface area (Å²) >= 11 is 0. The summed E-state index contributed by atoms with van der Waals surface area (Å²) < 4.78 is 0. The zero-order valence-corrected chi connectivity index (χ0v) is 19.9. The molecule has 0 saturated heterocycles. The molecule has 0 bridgehead atoms. The molecule has 0 aromatic rings. The first-order valence-electron chi connectivity index (χ1n) is 13.1. The van der Waals surface area contributed by atoms with Gasteiger partial charge in [0.05, 0.1) is 12.2 Å². The molecule has 2 nitrogen and oxygen atoms in total. The van der Waals surface area contributed by atoms with Crippen molar-refractivity contribution in [1.29, 1.82) is 0 Å². The molecule has 0 aromatic heterocycles.